The molecule has 0 amide bonds. The van der Waals surface area contributed by atoms with Crippen molar-refractivity contribution in [1.82, 2.24) is 9.97 Å². The SMILES string of the molecule is CCC(CSC)N(C)c1nc(N)nc(C)c1[N+](=O)[O-]. The lowest BCUT2D eigenvalue weighted by atomic mass is 10.2. The van der Waals surface area contributed by atoms with Crippen molar-refractivity contribution in [3.05, 3.63) is 15.8 Å². The summed E-state index contributed by atoms with van der Waals surface area (Å²) in [5.74, 6) is 1.22. The summed E-state index contributed by atoms with van der Waals surface area (Å²) < 4.78 is 0. The van der Waals surface area contributed by atoms with Crippen LogP contribution in [0.3, 0.4) is 0 Å². The molecule has 0 saturated carbocycles. The van der Waals surface area contributed by atoms with E-state index in [4.69, 9.17) is 5.73 Å². The Bertz CT molecular complexity index is 469. The van der Waals surface area contributed by atoms with Gasteiger partial charge in [-0.3, -0.25) is 10.1 Å². The monoisotopic (exact) mass is 285 g/mol. The number of nitrogen functional groups attached to an aromatic ring is 1. The quantitative estimate of drug-likeness (QED) is 0.629. The highest BCUT2D eigenvalue weighted by molar-refractivity contribution is 7.98. The number of aromatic nitrogens is 2. The summed E-state index contributed by atoms with van der Waals surface area (Å²) in [5.41, 5.74) is 5.82. The molecule has 106 valence electrons. The van der Waals surface area contributed by atoms with Crippen LogP contribution in [0, 0.1) is 17.0 Å². The minimum atomic E-state index is -0.452. The number of hydrogen-bond donors (Lipinski definition) is 1. The Morgan fingerprint density at radius 3 is 2.63 bits per heavy atom. The second kappa shape index (κ2) is 6.55. The normalized spacial score (nSPS) is 12.2. The molecule has 0 radical (unpaired) electrons. The van der Waals surface area contributed by atoms with Crippen LogP contribution in [0.25, 0.3) is 0 Å². The van der Waals surface area contributed by atoms with Crippen molar-refractivity contribution in [2.45, 2.75) is 26.3 Å². The Kier molecular flexibility index (Phi) is 5.34. The summed E-state index contributed by atoms with van der Waals surface area (Å²) in [6, 6.07) is 0.169. The largest absolute Gasteiger partial charge is 0.368 e. The lowest BCUT2D eigenvalue weighted by molar-refractivity contribution is -0.385. The van der Waals surface area contributed by atoms with Crippen LogP contribution >= 0.6 is 11.8 Å². The number of nitrogens with two attached hydrogens (primary N) is 1. The molecule has 19 heavy (non-hydrogen) atoms. The standard InChI is InChI=1S/C11H19N5O2S/c1-5-8(6-19-4)15(3)10-9(16(17)18)7(2)13-11(12)14-10/h8H,5-6H2,1-4H3,(H2,12,13,14). The molecule has 0 aliphatic carbocycles. The topological polar surface area (TPSA) is 98.2 Å². The average Bonchev–Trinajstić information content (AvgIpc) is 2.33. The van der Waals surface area contributed by atoms with Crippen molar-refractivity contribution in [1.29, 1.82) is 0 Å². The Morgan fingerprint density at radius 2 is 2.16 bits per heavy atom. The third-order valence-corrected chi connectivity index (χ3v) is 3.67. The maximum atomic E-state index is 11.2. The first-order chi connectivity index (χ1) is 8.92. The van der Waals surface area contributed by atoms with Gasteiger partial charge in [0.2, 0.25) is 11.8 Å². The molecular weight excluding hydrogens is 266 g/mol. The Labute approximate surface area is 116 Å². The van der Waals surface area contributed by atoms with Gasteiger partial charge in [-0.1, -0.05) is 6.92 Å². The number of hydrogen-bond acceptors (Lipinski definition) is 7. The van der Waals surface area contributed by atoms with Crippen molar-refractivity contribution < 1.29 is 4.92 Å². The Hall–Kier alpha value is -1.57. The van der Waals surface area contributed by atoms with Crippen LogP contribution < -0.4 is 10.6 Å². The van der Waals surface area contributed by atoms with Gasteiger partial charge in [-0.15, -0.1) is 0 Å². The van der Waals surface area contributed by atoms with Gasteiger partial charge in [-0.05, 0) is 19.6 Å². The highest BCUT2D eigenvalue weighted by atomic mass is 32.2. The zero-order chi connectivity index (χ0) is 14.6. The average molecular weight is 285 g/mol. The predicted octanol–water partition coefficient (Wildman–Crippen LogP) is 1.85. The van der Waals surface area contributed by atoms with E-state index in [1.807, 2.05) is 18.1 Å². The molecule has 1 unspecified atom stereocenters. The van der Waals surface area contributed by atoms with Gasteiger partial charge < -0.3 is 10.6 Å². The first-order valence-corrected chi connectivity index (χ1v) is 7.32. The summed E-state index contributed by atoms with van der Waals surface area (Å²) in [6.07, 6.45) is 2.88. The second-order valence-electron chi connectivity index (χ2n) is 4.22. The van der Waals surface area contributed by atoms with Crippen molar-refractivity contribution in [3.8, 4) is 0 Å². The van der Waals surface area contributed by atoms with Gasteiger partial charge in [0.1, 0.15) is 5.69 Å². The van der Waals surface area contributed by atoms with Crippen LogP contribution in [0.4, 0.5) is 17.5 Å². The van der Waals surface area contributed by atoms with Gasteiger partial charge in [-0.2, -0.15) is 16.7 Å². The molecule has 2 N–H and O–H groups in total. The van der Waals surface area contributed by atoms with Crippen molar-refractivity contribution in [2.75, 3.05) is 29.7 Å². The Morgan fingerprint density at radius 1 is 1.53 bits per heavy atom. The lowest BCUT2D eigenvalue weighted by Crippen LogP contribution is -2.34. The summed E-state index contributed by atoms with van der Waals surface area (Å²) in [6.45, 7) is 3.61. The van der Waals surface area contributed by atoms with E-state index in [2.05, 4.69) is 9.97 Å². The van der Waals surface area contributed by atoms with E-state index in [1.54, 1.807) is 25.7 Å². The highest BCUT2D eigenvalue weighted by Gasteiger charge is 2.27. The van der Waals surface area contributed by atoms with Crippen LogP contribution in [-0.2, 0) is 0 Å². The number of rotatable bonds is 6. The molecule has 8 heteroatoms. The molecule has 0 aromatic carbocycles. The van der Waals surface area contributed by atoms with Crippen LogP contribution in [0.15, 0.2) is 0 Å². The molecule has 1 aromatic heterocycles. The van der Waals surface area contributed by atoms with Crippen LogP contribution in [0.1, 0.15) is 19.0 Å². The van der Waals surface area contributed by atoms with E-state index >= 15 is 0 Å². The lowest BCUT2D eigenvalue weighted by Gasteiger charge is -2.27. The maximum Gasteiger partial charge on any atom is 0.332 e. The number of thioether (sulfide) groups is 1. The number of nitrogens with zero attached hydrogens (tertiary/aromatic N) is 4. The minimum absolute atomic E-state index is 0.0592. The predicted molar refractivity (Wildman–Crippen MR) is 78.7 cm³/mol. The first kappa shape index (κ1) is 15.5. The Balaban J connectivity index is 3.27. The van der Waals surface area contributed by atoms with Gasteiger partial charge in [0.05, 0.1) is 4.92 Å². The molecular formula is C11H19N5O2S. The van der Waals surface area contributed by atoms with Crippen molar-refractivity contribution >= 4 is 29.2 Å². The van der Waals surface area contributed by atoms with E-state index in [0.29, 0.717) is 5.69 Å². The molecule has 0 aliphatic rings. The van der Waals surface area contributed by atoms with E-state index in [-0.39, 0.29) is 23.5 Å². The van der Waals surface area contributed by atoms with Crippen molar-refractivity contribution in [2.24, 2.45) is 0 Å². The number of nitro groups is 1. The van der Waals surface area contributed by atoms with Gasteiger partial charge in [-0.25, -0.2) is 4.98 Å². The summed E-state index contributed by atoms with van der Waals surface area (Å²) >= 11 is 1.69. The van der Waals surface area contributed by atoms with E-state index in [9.17, 15) is 10.1 Å². The second-order valence-corrected chi connectivity index (χ2v) is 5.14. The third-order valence-electron chi connectivity index (χ3n) is 2.95. The maximum absolute atomic E-state index is 11.2. The molecule has 7 nitrogen and oxygen atoms in total. The molecule has 1 atom stereocenters. The third kappa shape index (κ3) is 3.46. The molecule has 1 aromatic rings. The molecule has 0 saturated heterocycles. The van der Waals surface area contributed by atoms with E-state index in [0.717, 1.165) is 12.2 Å². The minimum Gasteiger partial charge on any atom is -0.368 e. The summed E-state index contributed by atoms with van der Waals surface area (Å²) in [5, 5.41) is 11.2. The first-order valence-electron chi connectivity index (χ1n) is 5.92. The molecule has 0 fully saturated rings. The summed E-state index contributed by atoms with van der Waals surface area (Å²) in [4.78, 5) is 20.5. The fraction of sp³-hybridized carbons (Fsp3) is 0.636. The van der Waals surface area contributed by atoms with Gasteiger partial charge in [0, 0.05) is 18.8 Å². The van der Waals surface area contributed by atoms with Gasteiger partial charge in [0.25, 0.3) is 0 Å². The molecule has 1 heterocycles. The van der Waals surface area contributed by atoms with Crippen LogP contribution in [-0.4, -0.2) is 40.0 Å². The highest BCUT2D eigenvalue weighted by Crippen LogP contribution is 2.30. The van der Waals surface area contributed by atoms with Gasteiger partial charge >= 0.3 is 5.69 Å². The van der Waals surface area contributed by atoms with Crippen LogP contribution in [0.2, 0.25) is 0 Å². The smallest absolute Gasteiger partial charge is 0.332 e. The van der Waals surface area contributed by atoms with E-state index < -0.39 is 4.92 Å². The van der Waals surface area contributed by atoms with Gasteiger partial charge in [0.15, 0.2) is 0 Å². The zero-order valence-electron chi connectivity index (χ0n) is 11.6. The molecule has 0 aliphatic heterocycles. The number of anilines is 2. The molecule has 1 rings (SSSR count). The zero-order valence-corrected chi connectivity index (χ0v) is 12.4. The molecule has 0 bridgehead atoms. The number of aryl methyl sites for hydroxylation is 1. The molecule has 0 spiro atoms. The fourth-order valence-corrected chi connectivity index (χ4v) is 2.75. The summed E-state index contributed by atoms with van der Waals surface area (Å²) in [7, 11) is 1.80. The van der Waals surface area contributed by atoms with Crippen molar-refractivity contribution in [3.63, 3.8) is 0 Å². The van der Waals surface area contributed by atoms with Crippen LogP contribution in [0.5, 0.6) is 0 Å². The fourth-order valence-electron chi connectivity index (χ4n) is 1.90. The van der Waals surface area contributed by atoms with E-state index in [1.165, 1.54) is 0 Å².